The molecule has 0 radical (unpaired) electrons. The molecule has 1 aromatic carbocycles. The molecular formula is C22H30N4O3. The van der Waals surface area contributed by atoms with Crippen LogP contribution in [0.5, 0.6) is 0 Å². The number of urea groups is 1. The van der Waals surface area contributed by atoms with Crippen molar-refractivity contribution in [3.63, 3.8) is 0 Å². The minimum Gasteiger partial charge on any atom is -0.341 e. The van der Waals surface area contributed by atoms with Crippen LogP contribution in [0.15, 0.2) is 30.3 Å². The summed E-state index contributed by atoms with van der Waals surface area (Å²) in [6.07, 6.45) is 4.52. The molecule has 0 saturated carbocycles. The van der Waals surface area contributed by atoms with Gasteiger partial charge in [-0.1, -0.05) is 30.3 Å². The van der Waals surface area contributed by atoms with E-state index in [4.69, 9.17) is 0 Å². The number of hydrogen-bond donors (Lipinski definition) is 2. The van der Waals surface area contributed by atoms with Crippen molar-refractivity contribution in [2.75, 3.05) is 32.7 Å². The number of imide groups is 1. The number of amides is 4. The quantitative estimate of drug-likeness (QED) is 0.683. The highest BCUT2D eigenvalue weighted by atomic mass is 16.2. The number of nitrogens with zero attached hydrogens (tertiary/aromatic N) is 2. The molecule has 3 fully saturated rings. The Kier molecular flexibility index (Phi) is 5.85. The fourth-order valence-corrected chi connectivity index (χ4v) is 4.96. The predicted octanol–water partition coefficient (Wildman–Crippen LogP) is 1.53. The number of hydrogen-bond acceptors (Lipinski definition) is 4. The normalized spacial score (nSPS) is 25.7. The zero-order chi connectivity index (χ0) is 20.3. The van der Waals surface area contributed by atoms with E-state index in [0.717, 1.165) is 45.3 Å². The van der Waals surface area contributed by atoms with Crippen LogP contribution in [-0.2, 0) is 16.0 Å². The number of rotatable bonds is 7. The van der Waals surface area contributed by atoms with E-state index in [9.17, 15) is 14.4 Å². The van der Waals surface area contributed by atoms with Crippen molar-refractivity contribution in [3.05, 3.63) is 35.9 Å². The Morgan fingerprint density at radius 1 is 1.03 bits per heavy atom. The molecule has 4 rings (SSSR count). The molecule has 4 amide bonds. The highest BCUT2D eigenvalue weighted by Crippen LogP contribution is 2.36. The maximum absolute atomic E-state index is 13.6. The predicted molar refractivity (Wildman–Crippen MR) is 109 cm³/mol. The lowest BCUT2D eigenvalue weighted by atomic mass is 9.74. The second-order valence-electron chi connectivity index (χ2n) is 8.35. The fraction of sp³-hybridized carbons (Fsp3) is 0.591. The Balaban J connectivity index is 1.50. The van der Waals surface area contributed by atoms with Gasteiger partial charge in [-0.2, -0.15) is 0 Å². The lowest BCUT2D eigenvalue weighted by molar-refractivity contribution is -0.135. The molecule has 3 aliphatic rings. The van der Waals surface area contributed by atoms with E-state index in [0.29, 0.717) is 19.4 Å². The summed E-state index contributed by atoms with van der Waals surface area (Å²) in [5.74, 6) is 0.130. The topological polar surface area (TPSA) is 81.8 Å². The minimum absolute atomic E-state index is 0.114. The number of piperidine rings is 1. The lowest BCUT2D eigenvalue weighted by Crippen LogP contribution is -2.56. The molecule has 0 aliphatic carbocycles. The van der Waals surface area contributed by atoms with Crippen molar-refractivity contribution < 1.29 is 14.4 Å². The zero-order valence-corrected chi connectivity index (χ0v) is 16.9. The summed E-state index contributed by atoms with van der Waals surface area (Å²) in [6, 6.07) is 9.80. The largest absolute Gasteiger partial charge is 0.341 e. The summed E-state index contributed by atoms with van der Waals surface area (Å²) >= 11 is 0. The lowest BCUT2D eigenvalue weighted by Gasteiger charge is -2.38. The summed E-state index contributed by atoms with van der Waals surface area (Å²) in [4.78, 5) is 41.4. The van der Waals surface area contributed by atoms with E-state index in [1.807, 2.05) is 18.2 Å². The van der Waals surface area contributed by atoms with Crippen LogP contribution in [0.3, 0.4) is 0 Å². The summed E-state index contributed by atoms with van der Waals surface area (Å²) < 4.78 is 0. The van der Waals surface area contributed by atoms with Crippen LogP contribution >= 0.6 is 0 Å². The number of nitrogens with one attached hydrogen (secondary N) is 2. The van der Waals surface area contributed by atoms with Gasteiger partial charge in [0.25, 0.3) is 5.91 Å². The van der Waals surface area contributed by atoms with Gasteiger partial charge >= 0.3 is 6.03 Å². The van der Waals surface area contributed by atoms with Gasteiger partial charge in [-0.15, -0.1) is 0 Å². The van der Waals surface area contributed by atoms with Crippen molar-refractivity contribution in [3.8, 4) is 0 Å². The molecule has 0 aromatic heterocycles. The third-order valence-electron chi connectivity index (χ3n) is 6.65. The first-order chi connectivity index (χ1) is 14.1. The number of benzene rings is 1. The molecule has 7 heteroatoms. The molecule has 156 valence electrons. The van der Waals surface area contributed by atoms with E-state index in [2.05, 4.69) is 22.8 Å². The Morgan fingerprint density at radius 2 is 1.79 bits per heavy atom. The first-order valence-corrected chi connectivity index (χ1v) is 10.8. The molecule has 1 unspecified atom stereocenters. The second-order valence-corrected chi connectivity index (χ2v) is 8.35. The van der Waals surface area contributed by atoms with Gasteiger partial charge in [0.1, 0.15) is 5.54 Å². The van der Waals surface area contributed by atoms with E-state index < -0.39 is 5.54 Å². The molecule has 3 saturated heterocycles. The molecule has 3 heterocycles. The summed E-state index contributed by atoms with van der Waals surface area (Å²) in [5.41, 5.74) is 0.327. The van der Waals surface area contributed by atoms with Crippen LogP contribution in [0.4, 0.5) is 4.79 Å². The van der Waals surface area contributed by atoms with Crippen molar-refractivity contribution in [2.45, 2.75) is 44.1 Å². The minimum atomic E-state index is -0.843. The van der Waals surface area contributed by atoms with Crippen LogP contribution < -0.4 is 10.6 Å². The molecular weight excluding hydrogens is 368 g/mol. The smallest absolute Gasteiger partial charge is 0.325 e. The highest BCUT2D eigenvalue weighted by molar-refractivity contribution is 6.07. The highest BCUT2D eigenvalue weighted by Gasteiger charge is 2.55. The van der Waals surface area contributed by atoms with Gasteiger partial charge in [0.05, 0.1) is 0 Å². The molecule has 0 spiro atoms. The van der Waals surface area contributed by atoms with Crippen molar-refractivity contribution >= 4 is 17.8 Å². The van der Waals surface area contributed by atoms with Gasteiger partial charge in [-0.3, -0.25) is 14.5 Å². The summed E-state index contributed by atoms with van der Waals surface area (Å²) in [6.45, 7) is 3.15. The first-order valence-electron chi connectivity index (χ1n) is 10.8. The van der Waals surface area contributed by atoms with Crippen LogP contribution in [0.2, 0.25) is 0 Å². The zero-order valence-electron chi connectivity index (χ0n) is 16.9. The number of aryl methyl sites for hydroxylation is 1. The number of carbonyl (C=O) groups excluding carboxylic acids is 3. The number of likely N-dealkylation sites (tertiary alicyclic amines) is 1. The Hall–Kier alpha value is -2.41. The van der Waals surface area contributed by atoms with Gasteiger partial charge in [-0.25, -0.2) is 4.79 Å². The summed E-state index contributed by atoms with van der Waals surface area (Å²) in [7, 11) is 0. The average molecular weight is 399 g/mol. The van der Waals surface area contributed by atoms with Crippen molar-refractivity contribution in [1.82, 2.24) is 20.4 Å². The van der Waals surface area contributed by atoms with Gasteiger partial charge in [0.2, 0.25) is 5.91 Å². The van der Waals surface area contributed by atoms with Crippen molar-refractivity contribution in [2.24, 2.45) is 5.92 Å². The molecule has 1 atom stereocenters. The maximum atomic E-state index is 13.6. The van der Waals surface area contributed by atoms with E-state index in [1.54, 1.807) is 4.90 Å². The van der Waals surface area contributed by atoms with Gasteiger partial charge in [-0.05, 0) is 56.7 Å². The Morgan fingerprint density at radius 3 is 2.48 bits per heavy atom. The molecule has 7 nitrogen and oxygen atoms in total. The second kappa shape index (κ2) is 8.53. The van der Waals surface area contributed by atoms with Crippen LogP contribution in [0.1, 0.15) is 37.7 Å². The average Bonchev–Trinajstić information content (AvgIpc) is 3.27. The first kappa shape index (κ1) is 19.9. The van der Waals surface area contributed by atoms with Gasteiger partial charge < -0.3 is 15.5 Å². The van der Waals surface area contributed by atoms with Gasteiger partial charge in [0.15, 0.2) is 0 Å². The van der Waals surface area contributed by atoms with Crippen LogP contribution in [0.25, 0.3) is 0 Å². The Bertz CT molecular complexity index is 763. The van der Waals surface area contributed by atoms with Crippen LogP contribution in [-0.4, -0.2) is 65.9 Å². The summed E-state index contributed by atoms with van der Waals surface area (Å²) in [5, 5.41) is 6.45. The monoisotopic (exact) mass is 398 g/mol. The molecule has 29 heavy (non-hydrogen) atoms. The van der Waals surface area contributed by atoms with E-state index in [1.165, 1.54) is 10.5 Å². The van der Waals surface area contributed by atoms with Crippen molar-refractivity contribution in [1.29, 1.82) is 0 Å². The Labute approximate surface area is 171 Å². The SMILES string of the molecule is O=C1CCCN1CCN1C(=O)NC(CCc2ccccc2)(C2CCNCC2)C1=O. The third kappa shape index (κ3) is 4.01. The molecule has 1 aromatic rings. The maximum Gasteiger partial charge on any atom is 0.325 e. The number of carbonyl (C=O) groups is 3. The van der Waals surface area contributed by atoms with E-state index >= 15 is 0 Å². The molecule has 0 bridgehead atoms. The van der Waals surface area contributed by atoms with Gasteiger partial charge in [0, 0.05) is 26.1 Å². The fourth-order valence-electron chi connectivity index (χ4n) is 4.96. The van der Waals surface area contributed by atoms with Crippen LogP contribution in [0, 0.1) is 5.92 Å². The molecule has 2 N–H and O–H groups in total. The standard InChI is InChI=1S/C22H30N4O3/c27-19-7-4-14-25(19)15-16-26-20(28)22(24-21(26)29,18-9-12-23-13-10-18)11-8-17-5-2-1-3-6-17/h1-3,5-6,18,23H,4,7-16H2,(H,24,29). The van der Waals surface area contributed by atoms with E-state index in [-0.39, 0.29) is 30.3 Å². The molecule has 3 aliphatic heterocycles. The third-order valence-corrected chi connectivity index (χ3v) is 6.65.